The van der Waals surface area contributed by atoms with Gasteiger partial charge in [-0.3, -0.25) is 9.59 Å². The summed E-state index contributed by atoms with van der Waals surface area (Å²) in [6.07, 6.45) is 4.68. The molecule has 0 aliphatic carbocycles. The molecular formula is C25H31N3O3+2. The molecule has 2 aromatic carbocycles. The van der Waals surface area contributed by atoms with Crippen molar-refractivity contribution in [3.05, 3.63) is 66.2 Å². The molecule has 2 saturated heterocycles. The lowest BCUT2D eigenvalue weighted by molar-refractivity contribution is -1.02. The van der Waals surface area contributed by atoms with Gasteiger partial charge in [-0.15, -0.1) is 0 Å². The second-order valence-electron chi connectivity index (χ2n) is 8.18. The van der Waals surface area contributed by atoms with Gasteiger partial charge in [-0.05, 0) is 30.7 Å². The zero-order valence-electron chi connectivity index (χ0n) is 18.0. The first-order valence-electron chi connectivity index (χ1n) is 11.1. The summed E-state index contributed by atoms with van der Waals surface area (Å²) in [4.78, 5) is 29.9. The van der Waals surface area contributed by atoms with E-state index in [0.29, 0.717) is 18.0 Å². The number of piperazine rings is 1. The third-order valence-electron chi connectivity index (χ3n) is 6.14. The van der Waals surface area contributed by atoms with Gasteiger partial charge in [0.15, 0.2) is 6.04 Å². The van der Waals surface area contributed by atoms with Crippen LogP contribution in [0.3, 0.4) is 0 Å². The molecule has 2 aromatic rings. The van der Waals surface area contributed by atoms with Crippen LogP contribution in [0.5, 0.6) is 5.75 Å². The van der Waals surface area contributed by atoms with Gasteiger partial charge in [-0.25, -0.2) is 4.90 Å². The van der Waals surface area contributed by atoms with Gasteiger partial charge >= 0.3 is 0 Å². The molecule has 162 valence electrons. The number of hydrogen-bond acceptors (Lipinski definition) is 3. The Bertz CT molecular complexity index is 936. The van der Waals surface area contributed by atoms with E-state index in [-0.39, 0.29) is 24.3 Å². The van der Waals surface area contributed by atoms with E-state index < -0.39 is 0 Å². The predicted octanol–water partition coefficient (Wildman–Crippen LogP) is 0.214. The molecule has 6 nitrogen and oxygen atoms in total. The number of imide groups is 1. The summed E-state index contributed by atoms with van der Waals surface area (Å²) in [5.41, 5.74) is 1.83. The van der Waals surface area contributed by atoms with Crippen LogP contribution >= 0.6 is 0 Å². The molecule has 0 spiro atoms. The van der Waals surface area contributed by atoms with E-state index >= 15 is 0 Å². The lowest BCUT2D eigenvalue weighted by Gasteiger charge is -2.31. The van der Waals surface area contributed by atoms with Crippen LogP contribution in [0, 0.1) is 0 Å². The van der Waals surface area contributed by atoms with Crippen molar-refractivity contribution in [3.8, 4) is 5.75 Å². The highest BCUT2D eigenvalue weighted by Crippen LogP contribution is 2.26. The van der Waals surface area contributed by atoms with Gasteiger partial charge in [-0.2, -0.15) is 0 Å². The third-order valence-corrected chi connectivity index (χ3v) is 6.14. The van der Waals surface area contributed by atoms with Crippen molar-refractivity contribution in [2.24, 2.45) is 0 Å². The normalized spacial score (nSPS) is 24.2. The number of rotatable bonds is 7. The Morgan fingerprint density at radius 3 is 2.55 bits per heavy atom. The third kappa shape index (κ3) is 5.03. The topological polar surface area (TPSA) is 55.5 Å². The Balaban J connectivity index is 1.33. The molecule has 6 heteroatoms. The molecular weight excluding hydrogens is 390 g/mol. The fourth-order valence-corrected chi connectivity index (χ4v) is 4.50. The van der Waals surface area contributed by atoms with Crippen LogP contribution in [0.25, 0.3) is 6.08 Å². The highest BCUT2D eigenvalue weighted by Gasteiger charge is 2.46. The number of anilines is 1. The fraction of sp³-hybridized carbons (Fsp3) is 0.360. The number of amides is 2. The average Bonchev–Trinajstić information content (AvgIpc) is 3.09. The minimum atomic E-state index is -0.273. The number of nitrogens with one attached hydrogen (secondary N) is 2. The van der Waals surface area contributed by atoms with Gasteiger partial charge in [0, 0.05) is 6.07 Å². The van der Waals surface area contributed by atoms with Crippen LogP contribution in [0.2, 0.25) is 0 Å². The number of ether oxygens (including phenoxy) is 1. The van der Waals surface area contributed by atoms with E-state index in [2.05, 4.69) is 24.3 Å². The Labute approximate surface area is 183 Å². The van der Waals surface area contributed by atoms with Crippen LogP contribution in [-0.2, 0) is 9.59 Å². The molecule has 0 bridgehead atoms. The molecule has 31 heavy (non-hydrogen) atoms. The molecule has 2 aliphatic rings. The largest absolute Gasteiger partial charge is 0.494 e. The average molecular weight is 422 g/mol. The maximum Gasteiger partial charge on any atom is 0.292 e. The predicted molar refractivity (Wildman–Crippen MR) is 120 cm³/mol. The highest BCUT2D eigenvalue weighted by molar-refractivity contribution is 6.21. The molecule has 0 saturated carbocycles. The number of hydrogen-bond donors (Lipinski definition) is 2. The lowest BCUT2D eigenvalue weighted by atomic mass is 10.1. The molecule has 0 aromatic heterocycles. The standard InChI is InChI=1S/C25H29N3O3/c1-2-31-22-12-6-11-21(18-22)28-24(29)19-23(25(28)30)27-16-14-26(15-17-27)13-7-10-20-8-4-3-5-9-20/h3-12,18,23H,2,13-17,19H2,1H3/p+2/b10-7+/t23-/m1/s1. The smallest absolute Gasteiger partial charge is 0.292 e. The number of quaternary nitrogens is 2. The molecule has 0 radical (unpaired) electrons. The molecule has 2 amide bonds. The van der Waals surface area contributed by atoms with E-state index in [9.17, 15) is 9.59 Å². The molecule has 4 rings (SSSR count). The quantitative estimate of drug-likeness (QED) is 0.629. The highest BCUT2D eigenvalue weighted by atomic mass is 16.5. The Hall–Kier alpha value is -2.96. The first-order chi connectivity index (χ1) is 15.2. The minimum Gasteiger partial charge on any atom is -0.494 e. The van der Waals surface area contributed by atoms with Gasteiger partial charge in [0.2, 0.25) is 5.91 Å². The summed E-state index contributed by atoms with van der Waals surface area (Å²) in [5, 5.41) is 0. The van der Waals surface area contributed by atoms with E-state index in [1.165, 1.54) is 20.3 Å². The first kappa shape index (κ1) is 21.3. The zero-order valence-corrected chi connectivity index (χ0v) is 18.0. The maximum absolute atomic E-state index is 13.1. The molecule has 2 heterocycles. The van der Waals surface area contributed by atoms with Crippen LogP contribution in [0.15, 0.2) is 60.7 Å². The van der Waals surface area contributed by atoms with Crippen molar-refractivity contribution in [1.29, 1.82) is 0 Å². The number of carbonyl (C=O) groups is 2. The van der Waals surface area contributed by atoms with E-state index in [1.807, 2.05) is 37.3 Å². The summed E-state index contributed by atoms with van der Waals surface area (Å²) < 4.78 is 5.53. The fourth-order valence-electron chi connectivity index (χ4n) is 4.50. The molecule has 2 N–H and O–H groups in total. The summed E-state index contributed by atoms with van der Waals surface area (Å²) in [6.45, 7) is 7.27. The van der Waals surface area contributed by atoms with Crippen molar-refractivity contribution in [2.45, 2.75) is 19.4 Å². The van der Waals surface area contributed by atoms with Gasteiger partial charge in [-0.1, -0.05) is 42.5 Å². The summed E-state index contributed by atoms with van der Waals surface area (Å²) in [5.74, 6) is 0.481. The van der Waals surface area contributed by atoms with Gasteiger partial charge < -0.3 is 14.5 Å². The van der Waals surface area contributed by atoms with Crippen LogP contribution < -0.4 is 19.4 Å². The van der Waals surface area contributed by atoms with E-state index in [1.54, 1.807) is 12.1 Å². The Morgan fingerprint density at radius 2 is 1.81 bits per heavy atom. The van der Waals surface area contributed by atoms with E-state index in [0.717, 1.165) is 32.7 Å². The SMILES string of the molecule is CCOc1cccc(N2C(=O)C[C@@H]([NH+]3CC[NH+](C/C=C/c4ccccc4)CC3)C2=O)c1. The number of carbonyl (C=O) groups excluding carboxylic acids is 2. The second kappa shape index (κ2) is 9.90. The number of nitrogens with zero attached hydrogens (tertiary/aromatic N) is 1. The van der Waals surface area contributed by atoms with E-state index in [4.69, 9.17) is 4.74 Å². The molecule has 1 atom stereocenters. The van der Waals surface area contributed by atoms with Gasteiger partial charge in [0.05, 0.1) is 25.3 Å². The summed E-state index contributed by atoms with van der Waals surface area (Å²) in [7, 11) is 0. The van der Waals surface area contributed by atoms with Crippen molar-refractivity contribution in [2.75, 3.05) is 44.2 Å². The Kier molecular flexibility index (Phi) is 6.79. The molecule has 2 fully saturated rings. The first-order valence-corrected chi connectivity index (χ1v) is 11.1. The zero-order chi connectivity index (χ0) is 21.6. The Morgan fingerprint density at radius 1 is 1.03 bits per heavy atom. The second-order valence-corrected chi connectivity index (χ2v) is 8.18. The van der Waals surface area contributed by atoms with Crippen LogP contribution in [-0.4, -0.2) is 57.2 Å². The van der Waals surface area contributed by atoms with Crippen molar-refractivity contribution in [1.82, 2.24) is 0 Å². The van der Waals surface area contributed by atoms with Gasteiger partial charge in [0.25, 0.3) is 5.91 Å². The van der Waals surface area contributed by atoms with Crippen LogP contribution in [0.1, 0.15) is 18.9 Å². The van der Waals surface area contributed by atoms with Crippen molar-refractivity contribution in [3.63, 3.8) is 0 Å². The summed E-state index contributed by atoms with van der Waals surface area (Å²) in [6, 6.07) is 17.3. The monoisotopic (exact) mass is 421 g/mol. The summed E-state index contributed by atoms with van der Waals surface area (Å²) >= 11 is 0. The maximum atomic E-state index is 13.1. The van der Waals surface area contributed by atoms with Gasteiger partial charge in [0.1, 0.15) is 31.9 Å². The minimum absolute atomic E-state index is 0.0823. The van der Waals surface area contributed by atoms with Crippen molar-refractivity contribution >= 4 is 23.6 Å². The van der Waals surface area contributed by atoms with Crippen LogP contribution in [0.4, 0.5) is 5.69 Å². The molecule has 0 unspecified atom stereocenters. The molecule has 2 aliphatic heterocycles. The lowest BCUT2D eigenvalue weighted by Crippen LogP contribution is -3.30. The van der Waals surface area contributed by atoms with Crippen molar-refractivity contribution < 1.29 is 24.1 Å². The number of benzene rings is 2.